The summed E-state index contributed by atoms with van der Waals surface area (Å²) >= 11 is 2.21. The lowest BCUT2D eigenvalue weighted by Crippen LogP contribution is -2.71. The Morgan fingerprint density at radius 3 is 2.90 bits per heavy atom. The van der Waals surface area contributed by atoms with E-state index in [9.17, 15) is 19.5 Å². The van der Waals surface area contributed by atoms with Crippen LogP contribution in [0.25, 0.3) is 5.65 Å². The van der Waals surface area contributed by atoms with Crippen LogP contribution in [0, 0.1) is 0 Å². The second-order valence-corrected chi connectivity index (χ2v) is 10.3. The standard InChI is InChI=1S/C22H24N10O5S2/c1-37-28-14(17-27-22(24)39-29-17)18(33)26-15-19(34)32-16(21(35)36)11(10-38-20(15)32)9-30-7-8-31-12(25-6-5-23)3-2-4-13(30)31/h2-4,7-8,15,20H,5-6,9-10,23H2,1H3,(H4,24,26,27,29,33,35,36)/b28-14-/t15-,20+/m1/s1. The number of oxime groups is 1. The number of nitrogens with two attached hydrogens (primary N) is 2. The molecule has 39 heavy (non-hydrogen) atoms. The van der Waals surface area contributed by atoms with Crippen LogP contribution in [0.2, 0.25) is 0 Å². The Morgan fingerprint density at radius 1 is 1.38 bits per heavy atom. The molecule has 1 fully saturated rings. The molecule has 3 aromatic rings. The van der Waals surface area contributed by atoms with Gasteiger partial charge in [0.2, 0.25) is 11.5 Å². The molecule has 0 saturated carbocycles. The quantitative estimate of drug-likeness (QED) is 0.0862. The van der Waals surface area contributed by atoms with Gasteiger partial charge in [-0.05, 0) is 6.07 Å². The van der Waals surface area contributed by atoms with E-state index in [4.69, 9.17) is 16.3 Å². The van der Waals surface area contributed by atoms with Crippen molar-refractivity contribution >= 4 is 63.4 Å². The van der Waals surface area contributed by atoms with Gasteiger partial charge >= 0.3 is 0 Å². The molecule has 2 aliphatic heterocycles. The summed E-state index contributed by atoms with van der Waals surface area (Å²) in [5, 5.41) is 21.2. The smallest absolute Gasteiger partial charge is 0.288 e. The third kappa shape index (κ3) is 4.86. The zero-order valence-electron chi connectivity index (χ0n) is 20.6. The van der Waals surface area contributed by atoms with Gasteiger partial charge in [0.25, 0.3) is 17.5 Å². The first-order chi connectivity index (χ1) is 18.8. The zero-order valence-corrected chi connectivity index (χ0v) is 22.2. The summed E-state index contributed by atoms with van der Waals surface area (Å²) in [6.45, 7) is 1.29. The van der Waals surface area contributed by atoms with Gasteiger partial charge in [-0.25, -0.2) is 4.57 Å². The number of imidazole rings is 1. The molecule has 0 aliphatic carbocycles. The minimum atomic E-state index is -1.47. The van der Waals surface area contributed by atoms with Gasteiger partial charge in [-0.1, -0.05) is 5.16 Å². The number of nitrogen functional groups attached to an aromatic ring is 1. The van der Waals surface area contributed by atoms with E-state index in [0.29, 0.717) is 24.4 Å². The van der Waals surface area contributed by atoms with Gasteiger partial charge in [0.1, 0.15) is 37.5 Å². The Balaban J connectivity index is 1.36. The van der Waals surface area contributed by atoms with E-state index in [-0.39, 0.29) is 28.9 Å². The average molecular weight is 573 g/mol. The van der Waals surface area contributed by atoms with E-state index < -0.39 is 29.2 Å². The molecule has 15 nitrogen and oxygen atoms in total. The van der Waals surface area contributed by atoms with Crippen LogP contribution >= 0.6 is 23.3 Å². The fourth-order valence-electron chi connectivity index (χ4n) is 4.42. The van der Waals surface area contributed by atoms with Crippen molar-refractivity contribution in [2.75, 3.05) is 37.0 Å². The van der Waals surface area contributed by atoms with E-state index in [0.717, 1.165) is 27.9 Å². The molecule has 6 N–H and O–H groups in total. The highest BCUT2D eigenvalue weighted by molar-refractivity contribution is 8.00. The molecular weight excluding hydrogens is 548 g/mol. The van der Waals surface area contributed by atoms with Crippen LogP contribution in [-0.2, 0) is 25.8 Å². The fraction of sp³-hybridized carbons (Fsp3) is 0.318. The van der Waals surface area contributed by atoms with Crippen molar-refractivity contribution in [3.63, 3.8) is 0 Å². The Labute approximate surface area is 229 Å². The number of carboxylic acids is 1. The summed E-state index contributed by atoms with van der Waals surface area (Å²) in [6, 6.07) is 4.70. The van der Waals surface area contributed by atoms with Crippen molar-refractivity contribution in [2.45, 2.75) is 18.0 Å². The number of thioether (sulfide) groups is 1. The Hall–Kier alpha value is -4.22. The average Bonchev–Trinajstić information content (AvgIpc) is 3.54. The molecule has 17 heteroatoms. The van der Waals surface area contributed by atoms with E-state index >= 15 is 0 Å². The molecule has 2 aliphatic rings. The second kappa shape index (κ2) is 10.9. The number of rotatable bonds is 10. The van der Waals surface area contributed by atoms with Gasteiger partial charge in [0, 0.05) is 48.1 Å². The van der Waals surface area contributed by atoms with E-state index in [1.54, 1.807) is 0 Å². The predicted molar refractivity (Wildman–Crippen MR) is 140 cm³/mol. The number of hydrogen-bond donors (Lipinski definition) is 4. The minimum Gasteiger partial charge on any atom is -0.543 e. The summed E-state index contributed by atoms with van der Waals surface area (Å²) < 4.78 is 7.77. The molecule has 2 amide bonds. The van der Waals surface area contributed by atoms with Crippen LogP contribution in [0.5, 0.6) is 0 Å². The molecule has 3 aromatic heterocycles. The molecule has 1 saturated heterocycles. The molecule has 0 aromatic carbocycles. The molecule has 0 unspecified atom stereocenters. The summed E-state index contributed by atoms with van der Waals surface area (Å²) in [5.41, 5.74) is 12.1. The number of aliphatic carboxylic acids is 1. The van der Waals surface area contributed by atoms with Crippen LogP contribution < -0.4 is 31.8 Å². The maximum atomic E-state index is 13.1. The van der Waals surface area contributed by atoms with Crippen LogP contribution in [0.3, 0.4) is 0 Å². The number of pyridine rings is 1. The van der Waals surface area contributed by atoms with Crippen molar-refractivity contribution in [3.05, 3.63) is 47.7 Å². The van der Waals surface area contributed by atoms with Gasteiger partial charge in [-0.15, -0.1) is 11.8 Å². The number of carbonyl (C=O) groups excluding carboxylic acids is 3. The molecule has 5 heterocycles. The number of fused-ring (bicyclic) bond motifs is 2. The normalized spacial score (nSPS) is 19.1. The SMILES string of the molecule is CO/N=C(\C(=O)N[C@@H]1C(=O)N2C(C(=O)[O-])=C(C[n+]3ccn4c(NCCN)cccc43)CS[C@@H]12)c1nsc(N)n1. The number of carboxylic acid groups (broad SMARTS) is 1. The second-order valence-electron chi connectivity index (χ2n) is 8.46. The fourth-order valence-corrected chi connectivity index (χ4v) is 6.19. The third-order valence-electron chi connectivity index (χ3n) is 6.09. The van der Waals surface area contributed by atoms with Gasteiger partial charge in [-0.3, -0.25) is 14.5 Å². The van der Waals surface area contributed by atoms with Crippen molar-refractivity contribution < 1.29 is 28.9 Å². The van der Waals surface area contributed by atoms with Gasteiger partial charge in [0.15, 0.2) is 10.9 Å². The van der Waals surface area contributed by atoms with Crippen LogP contribution in [0.1, 0.15) is 5.82 Å². The molecule has 2 atom stereocenters. The number of β-lactam (4-membered cyclic amide) rings is 1. The first-order valence-corrected chi connectivity index (χ1v) is 13.5. The van der Waals surface area contributed by atoms with Gasteiger partial charge < -0.3 is 36.8 Å². The Bertz CT molecular complexity index is 1520. The lowest BCUT2D eigenvalue weighted by molar-refractivity contribution is -0.662. The van der Waals surface area contributed by atoms with Crippen molar-refractivity contribution in [2.24, 2.45) is 10.9 Å². The number of amides is 2. The maximum Gasteiger partial charge on any atom is 0.288 e. The monoisotopic (exact) mass is 572 g/mol. The predicted octanol–water partition coefficient (Wildman–Crippen LogP) is -2.51. The molecule has 204 valence electrons. The number of aromatic nitrogens is 4. The minimum absolute atomic E-state index is 0.0485. The van der Waals surface area contributed by atoms with E-state index in [2.05, 4.69) is 25.1 Å². The Morgan fingerprint density at radius 2 is 2.21 bits per heavy atom. The van der Waals surface area contributed by atoms with Crippen LogP contribution in [-0.4, -0.2) is 79.5 Å². The zero-order chi connectivity index (χ0) is 27.7. The topological polar surface area (TPSA) is 209 Å². The first kappa shape index (κ1) is 26.4. The highest BCUT2D eigenvalue weighted by atomic mass is 32.2. The number of anilines is 2. The molecule has 0 spiro atoms. The largest absolute Gasteiger partial charge is 0.543 e. The molecule has 0 radical (unpaired) electrons. The van der Waals surface area contributed by atoms with Crippen LogP contribution in [0.4, 0.5) is 10.9 Å². The molecular formula is C22H24N10O5S2. The van der Waals surface area contributed by atoms with Gasteiger partial charge in [0.05, 0.1) is 11.7 Å². The molecule has 0 bridgehead atoms. The summed E-state index contributed by atoms with van der Waals surface area (Å²) in [4.78, 5) is 48.0. The summed E-state index contributed by atoms with van der Waals surface area (Å²) in [5.74, 6) is -1.71. The van der Waals surface area contributed by atoms with Crippen molar-refractivity contribution in [1.29, 1.82) is 0 Å². The lowest BCUT2D eigenvalue weighted by Gasteiger charge is -2.50. The van der Waals surface area contributed by atoms with E-state index in [1.165, 1.54) is 18.9 Å². The molecule has 5 rings (SSSR count). The highest BCUT2D eigenvalue weighted by Gasteiger charge is 2.53. The Kier molecular flexibility index (Phi) is 7.36. The van der Waals surface area contributed by atoms with Crippen molar-refractivity contribution in [3.8, 4) is 0 Å². The number of nitrogens with zero attached hydrogens (tertiary/aromatic N) is 6. The first-order valence-electron chi connectivity index (χ1n) is 11.7. The lowest BCUT2D eigenvalue weighted by atomic mass is 10.0. The summed E-state index contributed by atoms with van der Waals surface area (Å²) in [7, 11) is 1.25. The van der Waals surface area contributed by atoms with E-state index in [1.807, 2.05) is 39.6 Å². The van der Waals surface area contributed by atoms with Crippen LogP contribution in [0.15, 0.2) is 47.0 Å². The summed E-state index contributed by atoms with van der Waals surface area (Å²) in [6.07, 6.45) is 3.69. The third-order valence-corrected chi connectivity index (χ3v) is 7.97. The van der Waals surface area contributed by atoms with Gasteiger partial charge in [-0.2, -0.15) is 13.8 Å². The maximum absolute atomic E-state index is 13.1. The highest BCUT2D eigenvalue weighted by Crippen LogP contribution is 2.40. The van der Waals surface area contributed by atoms with Crippen molar-refractivity contribution in [1.82, 2.24) is 24.0 Å². The number of hydrogen-bond acceptors (Lipinski definition) is 13. The number of carbonyl (C=O) groups is 3. The number of nitrogens with one attached hydrogen (secondary N) is 2.